The first-order chi connectivity index (χ1) is 8.15. The molecule has 0 N–H and O–H groups in total. The van der Waals surface area contributed by atoms with Crippen LogP contribution in [0.5, 0.6) is 5.75 Å². The van der Waals surface area contributed by atoms with Crippen molar-refractivity contribution < 1.29 is 13.9 Å². The van der Waals surface area contributed by atoms with Crippen LogP contribution in [-0.2, 0) is 4.79 Å². The molecule has 0 spiro atoms. The van der Waals surface area contributed by atoms with Crippen molar-refractivity contribution in [2.45, 2.75) is 6.42 Å². The summed E-state index contributed by atoms with van der Waals surface area (Å²) >= 11 is 0. The van der Waals surface area contributed by atoms with Gasteiger partial charge in [0, 0.05) is 24.9 Å². The number of rotatable bonds is 2. The molecule has 1 unspecified atom stereocenters. The van der Waals surface area contributed by atoms with Gasteiger partial charge in [0.15, 0.2) is 5.82 Å². The third-order valence-electron chi connectivity index (χ3n) is 2.81. The lowest BCUT2D eigenvalue weighted by molar-refractivity contribution is -0.117. The van der Waals surface area contributed by atoms with E-state index in [0.29, 0.717) is 12.3 Å². The molecule has 0 aliphatic carbocycles. The zero-order valence-corrected chi connectivity index (χ0v) is 9.44. The summed E-state index contributed by atoms with van der Waals surface area (Å²) in [5.74, 6) is 2.20. The van der Waals surface area contributed by atoms with Gasteiger partial charge in [0.25, 0.3) is 0 Å². The number of carbonyl (C=O) groups is 1. The van der Waals surface area contributed by atoms with Crippen molar-refractivity contribution in [3.63, 3.8) is 0 Å². The van der Waals surface area contributed by atoms with E-state index >= 15 is 0 Å². The number of halogens is 1. The number of amides is 1. The van der Waals surface area contributed by atoms with Gasteiger partial charge >= 0.3 is 0 Å². The predicted octanol–water partition coefficient (Wildman–Crippen LogP) is 1.82. The van der Waals surface area contributed by atoms with E-state index in [9.17, 15) is 9.18 Å². The minimum atomic E-state index is -0.477. The van der Waals surface area contributed by atoms with E-state index in [1.54, 1.807) is 6.07 Å². The Labute approximate surface area is 99.2 Å². The fraction of sp³-hybridized carbons (Fsp3) is 0.308. The predicted molar refractivity (Wildman–Crippen MR) is 62.2 cm³/mol. The number of nitrogens with zero attached hydrogens (tertiary/aromatic N) is 1. The molecule has 1 aliphatic heterocycles. The van der Waals surface area contributed by atoms with Crippen molar-refractivity contribution >= 4 is 11.6 Å². The highest BCUT2D eigenvalue weighted by molar-refractivity contribution is 5.96. The SMILES string of the molecule is C#CC1CC(=O)N(c2ccc(OC)cc2F)C1. The average molecular weight is 233 g/mol. The van der Waals surface area contributed by atoms with E-state index < -0.39 is 5.82 Å². The third-order valence-corrected chi connectivity index (χ3v) is 2.81. The molecule has 1 aromatic rings. The van der Waals surface area contributed by atoms with Gasteiger partial charge in [-0.15, -0.1) is 12.3 Å². The number of hydrogen-bond acceptors (Lipinski definition) is 2. The number of anilines is 1. The summed E-state index contributed by atoms with van der Waals surface area (Å²) < 4.78 is 18.7. The van der Waals surface area contributed by atoms with Crippen LogP contribution >= 0.6 is 0 Å². The lowest BCUT2D eigenvalue weighted by Crippen LogP contribution is -2.25. The van der Waals surface area contributed by atoms with Crippen LogP contribution in [-0.4, -0.2) is 19.6 Å². The van der Waals surface area contributed by atoms with Crippen LogP contribution in [0.3, 0.4) is 0 Å². The molecule has 0 bridgehead atoms. The average Bonchev–Trinajstić information content (AvgIpc) is 2.70. The maximum absolute atomic E-state index is 13.8. The highest BCUT2D eigenvalue weighted by Crippen LogP contribution is 2.29. The van der Waals surface area contributed by atoms with Gasteiger partial charge < -0.3 is 9.64 Å². The first kappa shape index (κ1) is 11.5. The van der Waals surface area contributed by atoms with Crippen molar-refractivity contribution in [1.82, 2.24) is 0 Å². The maximum Gasteiger partial charge on any atom is 0.228 e. The van der Waals surface area contributed by atoms with Crippen molar-refractivity contribution in [1.29, 1.82) is 0 Å². The minimum Gasteiger partial charge on any atom is -0.497 e. The molecule has 3 nitrogen and oxygen atoms in total. The van der Waals surface area contributed by atoms with Crippen molar-refractivity contribution in [3.05, 3.63) is 24.0 Å². The standard InChI is InChI=1S/C13H12FNO2/c1-3-9-6-13(16)15(8-9)12-5-4-10(17-2)7-11(12)14/h1,4-5,7,9H,6,8H2,2H3. The lowest BCUT2D eigenvalue weighted by atomic mass is 10.1. The van der Waals surface area contributed by atoms with Gasteiger partial charge in [0.2, 0.25) is 5.91 Å². The second kappa shape index (κ2) is 4.46. The summed E-state index contributed by atoms with van der Waals surface area (Å²) in [6.45, 7) is 0.374. The van der Waals surface area contributed by atoms with Crippen LogP contribution < -0.4 is 9.64 Å². The summed E-state index contributed by atoms with van der Waals surface area (Å²) in [5, 5.41) is 0. The molecule has 1 atom stereocenters. The van der Waals surface area contributed by atoms with Crippen LogP contribution in [0.1, 0.15) is 6.42 Å². The van der Waals surface area contributed by atoms with Gasteiger partial charge in [-0.1, -0.05) is 0 Å². The monoisotopic (exact) mass is 233 g/mol. The summed E-state index contributed by atoms with van der Waals surface area (Å²) in [6.07, 6.45) is 5.56. The van der Waals surface area contributed by atoms with Crippen LogP contribution in [0, 0.1) is 24.1 Å². The Bertz CT molecular complexity index is 493. The van der Waals surface area contributed by atoms with E-state index in [0.717, 1.165) is 0 Å². The number of terminal acetylenes is 1. The minimum absolute atomic E-state index is 0.135. The number of methoxy groups -OCH3 is 1. The van der Waals surface area contributed by atoms with Crippen LogP contribution in [0.15, 0.2) is 18.2 Å². The van der Waals surface area contributed by atoms with Crippen LogP contribution in [0.25, 0.3) is 0 Å². The largest absolute Gasteiger partial charge is 0.497 e. The van der Waals surface area contributed by atoms with Crippen LogP contribution in [0.2, 0.25) is 0 Å². The zero-order valence-electron chi connectivity index (χ0n) is 9.44. The maximum atomic E-state index is 13.8. The smallest absolute Gasteiger partial charge is 0.228 e. The van der Waals surface area contributed by atoms with Crippen molar-refractivity contribution in [2.24, 2.45) is 5.92 Å². The summed E-state index contributed by atoms with van der Waals surface area (Å²) in [5.41, 5.74) is 0.258. The van der Waals surface area contributed by atoms with Crippen molar-refractivity contribution in [2.75, 3.05) is 18.6 Å². The molecule has 0 saturated carbocycles. The van der Waals surface area contributed by atoms with Gasteiger partial charge in [-0.25, -0.2) is 4.39 Å². The van der Waals surface area contributed by atoms with Gasteiger partial charge in [0.05, 0.1) is 12.8 Å². The molecule has 17 heavy (non-hydrogen) atoms. The van der Waals surface area contributed by atoms with Gasteiger partial charge in [-0.2, -0.15) is 0 Å². The second-order valence-electron chi connectivity index (χ2n) is 3.89. The first-order valence-corrected chi connectivity index (χ1v) is 5.25. The normalized spacial score (nSPS) is 19.2. The third kappa shape index (κ3) is 2.09. The van der Waals surface area contributed by atoms with Crippen LogP contribution in [0.4, 0.5) is 10.1 Å². The number of benzene rings is 1. The molecule has 1 fully saturated rings. The highest BCUT2D eigenvalue weighted by Gasteiger charge is 2.30. The molecule has 1 heterocycles. The molecular formula is C13H12FNO2. The Morgan fingerprint density at radius 3 is 2.88 bits per heavy atom. The number of carbonyl (C=O) groups excluding carboxylic acids is 1. The van der Waals surface area contributed by atoms with E-state index in [2.05, 4.69) is 5.92 Å². The van der Waals surface area contributed by atoms with Gasteiger partial charge in [0.1, 0.15) is 5.75 Å². The molecule has 4 heteroatoms. The Morgan fingerprint density at radius 2 is 2.35 bits per heavy atom. The molecule has 0 aromatic heterocycles. The highest BCUT2D eigenvalue weighted by atomic mass is 19.1. The van der Waals surface area contributed by atoms with E-state index in [4.69, 9.17) is 11.2 Å². The van der Waals surface area contributed by atoms with E-state index in [1.165, 1.54) is 24.1 Å². The quantitative estimate of drug-likeness (QED) is 0.729. The Balaban J connectivity index is 2.29. The Morgan fingerprint density at radius 1 is 1.59 bits per heavy atom. The first-order valence-electron chi connectivity index (χ1n) is 5.25. The van der Waals surface area contributed by atoms with E-state index in [-0.39, 0.29) is 23.9 Å². The summed E-state index contributed by atoms with van der Waals surface area (Å²) in [7, 11) is 1.46. The number of ether oxygens (including phenoxy) is 1. The molecular weight excluding hydrogens is 221 g/mol. The second-order valence-corrected chi connectivity index (χ2v) is 3.89. The molecule has 1 amide bonds. The zero-order chi connectivity index (χ0) is 12.4. The fourth-order valence-electron chi connectivity index (χ4n) is 1.89. The van der Waals surface area contributed by atoms with Gasteiger partial charge in [-0.05, 0) is 12.1 Å². The summed E-state index contributed by atoms with van der Waals surface area (Å²) in [6, 6.07) is 4.41. The Kier molecular flexibility index (Phi) is 3.01. The fourth-order valence-corrected chi connectivity index (χ4v) is 1.89. The Hall–Kier alpha value is -2.02. The molecule has 1 aliphatic rings. The van der Waals surface area contributed by atoms with Gasteiger partial charge in [-0.3, -0.25) is 4.79 Å². The molecule has 88 valence electrons. The molecule has 1 aromatic carbocycles. The molecule has 1 saturated heterocycles. The molecule has 2 rings (SSSR count). The lowest BCUT2D eigenvalue weighted by Gasteiger charge is -2.17. The topological polar surface area (TPSA) is 29.5 Å². The van der Waals surface area contributed by atoms with E-state index in [1.807, 2.05) is 0 Å². The summed E-state index contributed by atoms with van der Waals surface area (Å²) in [4.78, 5) is 13.1. The number of hydrogen-bond donors (Lipinski definition) is 0. The molecule has 0 radical (unpaired) electrons. The van der Waals surface area contributed by atoms with Crippen molar-refractivity contribution in [3.8, 4) is 18.1 Å².